The van der Waals surface area contributed by atoms with E-state index in [4.69, 9.17) is 16.7 Å². The third-order valence-electron chi connectivity index (χ3n) is 3.44. The number of aryl methyl sites for hydroxylation is 1. The van der Waals surface area contributed by atoms with Crippen molar-refractivity contribution in [2.75, 3.05) is 0 Å². The molecular formula is C16H18ClNO2. The highest BCUT2D eigenvalue weighted by Gasteiger charge is 2.14. The number of aromatic nitrogens is 1. The summed E-state index contributed by atoms with van der Waals surface area (Å²) in [6.07, 6.45) is 2.70. The molecule has 1 heterocycles. The van der Waals surface area contributed by atoms with Gasteiger partial charge in [-0.3, -0.25) is 0 Å². The van der Waals surface area contributed by atoms with E-state index in [0.29, 0.717) is 11.1 Å². The van der Waals surface area contributed by atoms with Crippen LogP contribution in [0.2, 0.25) is 5.15 Å². The summed E-state index contributed by atoms with van der Waals surface area (Å²) in [7, 11) is 0. The van der Waals surface area contributed by atoms with Crippen LogP contribution >= 0.6 is 11.6 Å². The molecule has 0 atom stereocenters. The maximum absolute atomic E-state index is 10.7. The molecule has 0 bridgehead atoms. The van der Waals surface area contributed by atoms with Crippen molar-refractivity contribution >= 4 is 34.5 Å². The van der Waals surface area contributed by atoms with Gasteiger partial charge in [0.15, 0.2) is 0 Å². The number of aliphatic carboxylic acids is 1. The number of carboxylic acid groups (broad SMARTS) is 1. The van der Waals surface area contributed by atoms with E-state index in [0.717, 1.165) is 29.1 Å². The first-order valence-electron chi connectivity index (χ1n) is 6.68. The van der Waals surface area contributed by atoms with Gasteiger partial charge in [0.25, 0.3) is 0 Å². The van der Waals surface area contributed by atoms with Gasteiger partial charge >= 0.3 is 5.97 Å². The van der Waals surface area contributed by atoms with Crippen molar-refractivity contribution < 1.29 is 9.90 Å². The first kappa shape index (κ1) is 14.7. The fourth-order valence-electron chi connectivity index (χ4n) is 2.35. The van der Waals surface area contributed by atoms with Crippen molar-refractivity contribution in [3.63, 3.8) is 0 Å². The Balaban J connectivity index is 2.73. The van der Waals surface area contributed by atoms with E-state index in [1.165, 1.54) is 5.56 Å². The summed E-state index contributed by atoms with van der Waals surface area (Å²) in [5.74, 6) is -0.557. The second kappa shape index (κ2) is 5.71. The lowest BCUT2D eigenvalue weighted by Crippen LogP contribution is -1.93. The second-order valence-electron chi connectivity index (χ2n) is 5.05. The van der Waals surface area contributed by atoms with E-state index in [1.807, 2.05) is 11.5 Å². The van der Waals surface area contributed by atoms with Gasteiger partial charge in [0, 0.05) is 29.1 Å². The van der Waals surface area contributed by atoms with Crippen LogP contribution in [0, 0.1) is 0 Å². The zero-order valence-electron chi connectivity index (χ0n) is 11.9. The van der Waals surface area contributed by atoms with Crippen LogP contribution in [0.4, 0.5) is 0 Å². The zero-order valence-corrected chi connectivity index (χ0v) is 12.6. The van der Waals surface area contributed by atoms with Crippen LogP contribution in [0.1, 0.15) is 37.8 Å². The van der Waals surface area contributed by atoms with Gasteiger partial charge in [0.05, 0.1) is 0 Å². The van der Waals surface area contributed by atoms with Crippen molar-refractivity contribution in [3.8, 4) is 0 Å². The van der Waals surface area contributed by atoms with E-state index in [-0.39, 0.29) is 0 Å². The Kier molecular flexibility index (Phi) is 4.19. The Bertz CT molecular complexity index is 683. The van der Waals surface area contributed by atoms with Gasteiger partial charge in [0.2, 0.25) is 0 Å². The molecule has 4 heteroatoms. The Labute approximate surface area is 123 Å². The average Bonchev–Trinajstić information content (AvgIpc) is 2.66. The number of benzene rings is 1. The smallest absolute Gasteiger partial charge is 0.328 e. The summed E-state index contributed by atoms with van der Waals surface area (Å²) in [6, 6.07) is 6.25. The first-order chi connectivity index (χ1) is 9.45. The molecule has 3 nitrogen and oxygen atoms in total. The van der Waals surface area contributed by atoms with Crippen molar-refractivity contribution in [2.45, 2.75) is 33.2 Å². The Hall–Kier alpha value is -1.74. The summed E-state index contributed by atoms with van der Waals surface area (Å²) in [4.78, 5) is 10.7. The van der Waals surface area contributed by atoms with E-state index in [1.54, 1.807) is 6.08 Å². The number of hydrogen-bond acceptors (Lipinski definition) is 1. The number of hydrogen-bond donors (Lipinski definition) is 1. The lowest BCUT2D eigenvalue weighted by atomic mass is 10.0. The molecular weight excluding hydrogens is 274 g/mol. The Morgan fingerprint density at radius 2 is 2.15 bits per heavy atom. The molecule has 2 aromatic rings. The lowest BCUT2D eigenvalue weighted by molar-refractivity contribution is -0.131. The maximum atomic E-state index is 10.7. The number of rotatable bonds is 4. The largest absolute Gasteiger partial charge is 0.478 e. The molecule has 2 rings (SSSR count). The van der Waals surface area contributed by atoms with Gasteiger partial charge in [-0.15, -0.1) is 0 Å². The fraction of sp³-hybridized carbons (Fsp3) is 0.312. The van der Waals surface area contributed by atoms with Crippen LogP contribution in [0.25, 0.3) is 17.0 Å². The van der Waals surface area contributed by atoms with Crippen LogP contribution in [0.5, 0.6) is 0 Å². The first-order valence-corrected chi connectivity index (χ1v) is 7.06. The van der Waals surface area contributed by atoms with E-state index in [2.05, 4.69) is 32.0 Å². The summed E-state index contributed by atoms with van der Waals surface area (Å²) < 4.78 is 1.99. The minimum absolute atomic E-state index is 0.416. The summed E-state index contributed by atoms with van der Waals surface area (Å²) in [5, 5.41) is 10.4. The maximum Gasteiger partial charge on any atom is 0.328 e. The molecule has 1 N–H and O–H groups in total. The molecule has 1 aromatic carbocycles. The van der Waals surface area contributed by atoms with Gasteiger partial charge in [0.1, 0.15) is 5.15 Å². The van der Waals surface area contributed by atoms with Gasteiger partial charge in [-0.2, -0.15) is 0 Å². The van der Waals surface area contributed by atoms with Gasteiger partial charge < -0.3 is 9.67 Å². The number of carboxylic acids is 1. The monoisotopic (exact) mass is 291 g/mol. The van der Waals surface area contributed by atoms with Crippen molar-refractivity contribution in [1.82, 2.24) is 4.57 Å². The molecule has 20 heavy (non-hydrogen) atoms. The standard InChI is InChI=1S/C16H18ClNO2/c1-4-18-14-7-5-11(10(2)3)9-13(14)12(16(18)17)6-8-15(19)20/h5-10H,4H2,1-3H3,(H,19,20)/b8-6+. The minimum atomic E-state index is -0.974. The van der Waals surface area contributed by atoms with Crippen molar-refractivity contribution in [2.24, 2.45) is 0 Å². The van der Waals surface area contributed by atoms with Gasteiger partial charge in [-0.1, -0.05) is 31.5 Å². The molecule has 0 unspecified atom stereocenters. The average molecular weight is 292 g/mol. The van der Waals surface area contributed by atoms with Crippen LogP contribution in [-0.2, 0) is 11.3 Å². The lowest BCUT2D eigenvalue weighted by Gasteiger charge is -2.06. The van der Waals surface area contributed by atoms with Gasteiger partial charge in [-0.25, -0.2) is 4.79 Å². The Morgan fingerprint density at radius 3 is 2.70 bits per heavy atom. The highest BCUT2D eigenvalue weighted by Crippen LogP contribution is 2.33. The number of fused-ring (bicyclic) bond motifs is 1. The molecule has 0 aliphatic carbocycles. The summed E-state index contributed by atoms with van der Waals surface area (Å²) in [6.45, 7) is 7.03. The van der Waals surface area contributed by atoms with E-state index in [9.17, 15) is 4.79 Å². The normalized spacial score (nSPS) is 11.8. The number of halogens is 1. The topological polar surface area (TPSA) is 42.2 Å². The molecule has 0 aliphatic heterocycles. The molecule has 0 amide bonds. The summed E-state index contributed by atoms with van der Waals surface area (Å²) >= 11 is 6.39. The molecule has 0 aliphatic rings. The predicted octanol–water partition coefficient (Wildman–Crippen LogP) is 4.54. The van der Waals surface area contributed by atoms with Crippen LogP contribution < -0.4 is 0 Å². The van der Waals surface area contributed by atoms with E-state index >= 15 is 0 Å². The highest BCUT2D eigenvalue weighted by molar-refractivity contribution is 6.33. The predicted molar refractivity (Wildman–Crippen MR) is 83.4 cm³/mol. The molecule has 0 radical (unpaired) electrons. The molecule has 0 saturated heterocycles. The molecule has 1 aromatic heterocycles. The second-order valence-corrected chi connectivity index (χ2v) is 5.41. The fourth-order valence-corrected chi connectivity index (χ4v) is 2.72. The van der Waals surface area contributed by atoms with Gasteiger partial charge in [-0.05, 0) is 36.6 Å². The molecule has 0 saturated carbocycles. The Morgan fingerprint density at radius 1 is 1.45 bits per heavy atom. The van der Waals surface area contributed by atoms with E-state index < -0.39 is 5.97 Å². The molecule has 0 fully saturated rings. The number of carbonyl (C=O) groups is 1. The minimum Gasteiger partial charge on any atom is -0.478 e. The molecule has 0 spiro atoms. The SMILES string of the molecule is CCn1c(Cl)c(/C=C/C(=O)O)c2cc(C(C)C)ccc21. The zero-order chi connectivity index (χ0) is 14.9. The van der Waals surface area contributed by atoms with Crippen molar-refractivity contribution in [3.05, 3.63) is 40.6 Å². The third-order valence-corrected chi connectivity index (χ3v) is 3.84. The third kappa shape index (κ3) is 2.59. The summed E-state index contributed by atoms with van der Waals surface area (Å²) in [5.41, 5.74) is 3.02. The quantitative estimate of drug-likeness (QED) is 0.841. The van der Waals surface area contributed by atoms with Crippen molar-refractivity contribution in [1.29, 1.82) is 0 Å². The van der Waals surface area contributed by atoms with Crippen LogP contribution in [-0.4, -0.2) is 15.6 Å². The highest BCUT2D eigenvalue weighted by atomic mass is 35.5. The molecule has 106 valence electrons. The van der Waals surface area contributed by atoms with Crippen LogP contribution in [0.3, 0.4) is 0 Å². The van der Waals surface area contributed by atoms with Crippen LogP contribution in [0.15, 0.2) is 24.3 Å². The number of nitrogens with zero attached hydrogens (tertiary/aromatic N) is 1.